The summed E-state index contributed by atoms with van der Waals surface area (Å²) in [5.41, 5.74) is -5.58. The lowest BCUT2D eigenvalue weighted by molar-refractivity contribution is -0.142. The Balaban J connectivity index is 1.55. The lowest BCUT2D eigenvalue weighted by Gasteiger charge is -2.53. The third-order valence-corrected chi connectivity index (χ3v) is 10.4. The number of aromatic hydroxyl groups is 2. The fourth-order valence-electron chi connectivity index (χ4n) is 9.51. The molecule has 2 aromatic rings. The Bertz CT molecular complexity index is 1680. The maximum atomic E-state index is 14.5. The highest BCUT2D eigenvalue weighted by Gasteiger charge is 2.89. The largest absolute Gasteiger partial charge is 0.507 e. The van der Waals surface area contributed by atoms with Crippen LogP contribution in [0, 0.1) is 48.3 Å². The molecule has 6 aliphatic rings. The number of hydrogen-bond donors (Lipinski definition) is 6. The molecule has 40 heavy (non-hydrogen) atoms. The molecule has 202 valence electrons. The van der Waals surface area contributed by atoms with E-state index in [1.54, 1.807) is 13.8 Å². The second kappa shape index (κ2) is 6.54. The lowest BCUT2D eigenvalue weighted by atomic mass is 9.46. The van der Waals surface area contributed by atoms with Gasteiger partial charge >= 0.3 is 0 Å². The summed E-state index contributed by atoms with van der Waals surface area (Å²) in [6.07, 6.45) is -3.37. The Morgan fingerprint density at radius 3 is 1.30 bits per heavy atom. The molecule has 10 nitrogen and oxygen atoms in total. The molecule has 2 aromatic carbocycles. The Morgan fingerprint density at radius 2 is 0.950 bits per heavy atom. The quantitative estimate of drug-likeness (QED) is 0.286. The highest BCUT2D eigenvalue weighted by Crippen LogP contribution is 2.80. The minimum Gasteiger partial charge on any atom is -0.507 e. The molecular weight excluding hydrogens is 520 g/mol. The minimum absolute atomic E-state index is 0.185. The average molecular weight is 542 g/mol. The number of ketones is 4. The van der Waals surface area contributed by atoms with E-state index in [4.69, 9.17) is 0 Å². The highest BCUT2D eigenvalue weighted by atomic mass is 16.3. The number of fused-ring (bicyclic) bond motifs is 4. The summed E-state index contributed by atoms with van der Waals surface area (Å²) >= 11 is 0. The molecule has 8 rings (SSSR count). The van der Waals surface area contributed by atoms with Gasteiger partial charge in [-0.2, -0.15) is 0 Å². The van der Waals surface area contributed by atoms with Crippen LogP contribution in [0.15, 0.2) is 35.4 Å². The predicted molar refractivity (Wildman–Crippen MR) is 134 cm³/mol. The Hall–Kier alpha value is -4.28. The Morgan fingerprint density at radius 1 is 0.600 bits per heavy atom. The molecule has 10 heteroatoms. The van der Waals surface area contributed by atoms with Gasteiger partial charge in [-0.15, -0.1) is 0 Å². The van der Waals surface area contributed by atoms with E-state index in [2.05, 4.69) is 0 Å². The zero-order valence-corrected chi connectivity index (χ0v) is 21.1. The number of carbonyl (C=O) groups excluding carboxylic acids is 4. The molecule has 0 radical (unpaired) electrons. The number of allylic oxidation sites excluding steroid dienone is 2. The van der Waals surface area contributed by atoms with Gasteiger partial charge in [0.05, 0.1) is 57.1 Å². The van der Waals surface area contributed by atoms with Crippen molar-refractivity contribution in [2.75, 3.05) is 0 Å². The van der Waals surface area contributed by atoms with Gasteiger partial charge in [-0.25, -0.2) is 0 Å². The lowest BCUT2D eigenvalue weighted by Crippen LogP contribution is -2.65. The number of phenols is 2. The number of rotatable bonds is 0. The van der Waals surface area contributed by atoms with Gasteiger partial charge in [0.15, 0.2) is 23.1 Å². The van der Waals surface area contributed by atoms with E-state index >= 15 is 0 Å². The Labute approximate surface area is 225 Å². The standard InChI is InChI=1S/C30H22O10/c1-7-3-9-13(11(31)5-7)21(33)17-25(37)20-23(35)15-16-24(36)19(29(15,17)27(9)39)26(38)18-22(34)14-10(28(40)30(16,18)20)4-8(2)6-12(14)32/h3-6,15-16,19-20,23-24,31-36H,1-2H3/t15?,16?,19?,20?,23?,24?,29-,30-/m1/s1. The second-order valence-corrected chi connectivity index (χ2v) is 12.0. The van der Waals surface area contributed by atoms with Gasteiger partial charge in [-0.3, -0.25) is 19.2 Å². The van der Waals surface area contributed by atoms with Gasteiger partial charge in [-0.05, 0) is 49.2 Å². The van der Waals surface area contributed by atoms with Crippen molar-refractivity contribution >= 4 is 34.7 Å². The topological polar surface area (TPSA) is 190 Å². The molecule has 4 fully saturated rings. The number of aliphatic hydroxyl groups excluding tert-OH is 4. The van der Waals surface area contributed by atoms with Gasteiger partial charge in [0, 0.05) is 23.0 Å². The van der Waals surface area contributed by atoms with Gasteiger partial charge < -0.3 is 30.6 Å². The van der Waals surface area contributed by atoms with Gasteiger partial charge in [-0.1, -0.05) is 0 Å². The zero-order valence-electron chi connectivity index (χ0n) is 21.1. The molecule has 6 unspecified atom stereocenters. The highest BCUT2D eigenvalue weighted by molar-refractivity contribution is 6.30. The van der Waals surface area contributed by atoms with Crippen LogP contribution in [0.25, 0.3) is 11.5 Å². The third-order valence-electron chi connectivity index (χ3n) is 10.4. The van der Waals surface area contributed by atoms with Crippen LogP contribution in [0.5, 0.6) is 11.5 Å². The molecule has 0 amide bonds. The number of Topliss-reactive ketones (excluding diaryl/α,β-unsaturated/α-hetero) is 4. The molecule has 4 bridgehead atoms. The predicted octanol–water partition coefficient (Wildman–Crippen LogP) is 1.70. The summed E-state index contributed by atoms with van der Waals surface area (Å²) in [5.74, 6) is -12.2. The second-order valence-electron chi connectivity index (χ2n) is 12.0. The van der Waals surface area contributed by atoms with E-state index in [0.717, 1.165) is 0 Å². The van der Waals surface area contributed by atoms with Crippen molar-refractivity contribution in [3.05, 3.63) is 68.8 Å². The molecule has 6 aliphatic carbocycles. The number of carbonyl (C=O) groups is 4. The number of aliphatic hydroxyl groups is 4. The van der Waals surface area contributed by atoms with Crippen molar-refractivity contribution in [1.29, 1.82) is 0 Å². The van der Waals surface area contributed by atoms with E-state index in [0.29, 0.717) is 11.1 Å². The van der Waals surface area contributed by atoms with Crippen molar-refractivity contribution in [3.8, 4) is 11.5 Å². The zero-order chi connectivity index (χ0) is 28.5. The first-order valence-corrected chi connectivity index (χ1v) is 12.9. The molecule has 0 aromatic heterocycles. The average Bonchev–Trinajstić information content (AvgIpc) is 3.22. The molecule has 8 atom stereocenters. The van der Waals surface area contributed by atoms with E-state index in [9.17, 15) is 49.8 Å². The van der Waals surface area contributed by atoms with E-state index in [1.807, 2.05) is 0 Å². The molecule has 6 N–H and O–H groups in total. The number of benzene rings is 2. The third kappa shape index (κ3) is 1.96. The summed E-state index contributed by atoms with van der Waals surface area (Å²) in [6, 6.07) is 5.37. The summed E-state index contributed by atoms with van der Waals surface area (Å²) in [7, 11) is 0. The van der Waals surface area contributed by atoms with Crippen molar-refractivity contribution in [2.24, 2.45) is 34.5 Å². The van der Waals surface area contributed by atoms with Crippen LogP contribution in [0.3, 0.4) is 0 Å². The van der Waals surface area contributed by atoms with Gasteiger partial charge in [0.25, 0.3) is 0 Å². The Kier molecular flexibility index (Phi) is 3.86. The minimum atomic E-state index is -2.25. The monoisotopic (exact) mass is 542 g/mol. The van der Waals surface area contributed by atoms with Crippen LogP contribution < -0.4 is 0 Å². The first-order chi connectivity index (χ1) is 18.8. The smallest absolute Gasteiger partial charge is 0.175 e. The normalized spacial score (nSPS) is 38.1. The fourth-order valence-corrected chi connectivity index (χ4v) is 9.51. The number of phenolic OH excluding ortho intramolecular Hbond substituents is 2. The molecule has 0 saturated heterocycles. The van der Waals surface area contributed by atoms with Gasteiger partial charge in [0.1, 0.15) is 23.0 Å². The maximum Gasteiger partial charge on any atom is 0.175 e. The SMILES string of the molecule is Cc1cc(O)c2c(c1)C(=O)[C@@]13C(=C2O)C(=O)C2C(O)C1C1C(O)C3C(=O)C3=C(O)c4c(O)cc(C)cc4C(=O)[C@]321. The number of aryl methyl sites for hydroxylation is 2. The summed E-state index contributed by atoms with van der Waals surface area (Å²) < 4.78 is 0. The number of hydrogen-bond acceptors (Lipinski definition) is 10. The molecular formula is C30H22O10. The van der Waals surface area contributed by atoms with Crippen LogP contribution in [0.1, 0.15) is 43.0 Å². The molecule has 2 spiro atoms. The van der Waals surface area contributed by atoms with Crippen LogP contribution in [0.4, 0.5) is 0 Å². The fraction of sp³-hybridized carbons (Fsp3) is 0.333. The summed E-state index contributed by atoms with van der Waals surface area (Å²) in [5, 5.41) is 67.8. The molecule has 0 aliphatic heterocycles. The first-order valence-electron chi connectivity index (χ1n) is 12.9. The van der Waals surface area contributed by atoms with Gasteiger partial charge in [0.2, 0.25) is 0 Å². The van der Waals surface area contributed by atoms with Crippen molar-refractivity contribution < 1.29 is 49.8 Å². The summed E-state index contributed by atoms with van der Waals surface area (Å²) in [6.45, 7) is 3.19. The van der Waals surface area contributed by atoms with Crippen molar-refractivity contribution in [2.45, 2.75) is 26.1 Å². The van der Waals surface area contributed by atoms with Crippen LogP contribution in [0.2, 0.25) is 0 Å². The van der Waals surface area contributed by atoms with E-state index < -0.39 is 104 Å². The molecule has 0 heterocycles. The van der Waals surface area contributed by atoms with Crippen LogP contribution in [-0.2, 0) is 9.59 Å². The van der Waals surface area contributed by atoms with E-state index in [-0.39, 0.29) is 22.3 Å². The van der Waals surface area contributed by atoms with E-state index in [1.165, 1.54) is 24.3 Å². The maximum absolute atomic E-state index is 14.5. The van der Waals surface area contributed by atoms with Crippen LogP contribution >= 0.6 is 0 Å². The van der Waals surface area contributed by atoms with Crippen LogP contribution in [-0.4, -0.2) is 66.0 Å². The first kappa shape index (κ1) is 23.6. The molecule has 4 saturated carbocycles. The van der Waals surface area contributed by atoms with Crippen molar-refractivity contribution in [1.82, 2.24) is 0 Å². The van der Waals surface area contributed by atoms with Crippen molar-refractivity contribution in [3.63, 3.8) is 0 Å². The summed E-state index contributed by atoms with van der Waals surface area (Å²) in [4.78, 5) is 57.9.